The van der Waals surface area contributed by atoms with Gasteiger partial charge in [-0.3, -0.25) is 10.1 Å². The maximum absolute atomic E-state index is 12.5. The van der Waals surface area contributed by atoms with Crippen molar-refractivity contribution < 1.29 is 9.59 Å². The molecular formula is C20H27N3O2. The SMILES string of the molecule is NC(=O)NC(=O)[C@@H](NCC12CC3CC(CC(C3)C1)C2)c1ccccc1. The van der Waals surface area contributed by atoms with Crippen molar-refractivity contribution in [3.63, 3.8) is 0 Å². The summed E-state index contributed by atoms with van der Waals surface area (Å²) in [4.78, 5) is 23.6. The largest absolute Gasteiger partial charge is 0.351 e. The molecule has 5 rings (SSSR count). The number of urea groups is 1. The Morgan fingerprint density at radius 2 is 1.60 bits per heavy atom. The van der Waals surface area contributed by atoms with Gasteiger partial charge in [0.25, 0.3) is 0 Å². The van der Waals surface area contributed by atoms with Gasteiger partial charge in [0.2, 0.25) is 5.91 Å². The molecular weight excluding hydrogens is 314 g/mol. The Morgan fingerprint density at radius 1 is 1.04 bits per heavy atom. The number of hydrogen-bond acceptors (Lipinski definition) is 3. The number of hydrogen-bond donors (Lipinski definition) is 3. The number of nitrogens with two attached hydrogens (primary N) is 1. The highest BCUT2D eigenvalue weighted by molar-refractivity contribution is 5.96. The molecule has 134 valence electrons. The summed E-state index contributed by atoms with van der Waals surface area (Å²) >= 11 is 0. The van der Waals surface area contributed by atoms with Gasteiger partial charge in [0.1, 0.15) is 6.04 Å². The number of benzene rings is 1. The van der Waals surface area contributed by atoms with Crippen molar-refractivity contribution in [1.82, 2.24) is 10.6 Å². The monoisotopic (exact) mass is 341 g/mol. The fourth-order valence-electron chi connectivity index (χ4n) is 6.03. The lowest BCUT2D eigenvalue weighted by molar-refractivity contribution is -0.122. The van der Waals surface area contributed by atoms with E-state index in [0.29, 0.717) is 5.41 Å². The Morgan fingerprint density at radius 3 is 2.12 bits per heavy atom. The molecule has 0 heterocycles. The van der Waals surface area contributed by atoms with E-state index in [1.165, 1.54) is 38.5 Å². The first-order valence-electron chi connectivity index (χ1n) is 9.42. The van der Waals surface area contributed by atoms with Gasteiger partial charge in [-0.25, -0.2) is 4.79 Å². The van der Waals surface area contributed by atoms with E-state index in [1.807, 2.05) is 30.3 Å². The maximum Gasteiger partial charge on any atom is 0.318 e. The van der Waals surface area contributed by atoms with Gasteiger partial charge in [0.15, 0.2) is 0 Å². The summed E-state index contributed by atoms with van der Waals surface area (Å²) in [6.07, 6.45) is 8.07. The molecule has 0 unspecified atom stereocenters. The molecule has 0 spiro atoms. The molecule has 5 heteroatoms. The maximum atomic E-state index is 12.5. The van der Waals surface area contributed by atoms with Gasteiger partial charge in [0.05, 0.1) is 0 Å². The third kappa shape index (κ3) is 3.43. The summed E-state index contributed by atoms with van der Waals surface area (Å²) in [6.45, 7) is 0.836. The molecule has 1 aromatic rings. The average molecular weight is 341 g/mol. The molecule has 3 amide bonds. The van der Waals surface area contributed by atoms with Crippen molar-refractivity contribution in [2.24, 2.45) is 28.9 Å². The standard InChI is InChI=1S/C20H27N3O2/c21-19(25)23-18(24)17(16-4-2-1-3-5-16)22-12-20-9-13-6-14(10-20)8-15(7-13)11-20/h1-5,13-15,17,22H,6-12H2,(H3,21,23,24,25)/t13?,14?,15?,17-,20?/m0/s1. The van der Waals surface area contributed by atoms with E-state index in [1.54, 1.807) is 0 Å². The summed E-state index contributed by atoms with van der Waals surface area (Å²) < 4.78 is 0. The number of amides is 3. The molecule has 5 nitrogen and oxygen atoms in total. The topological polar surface area (TPSA) is 84.2 Å². The summed E-state index contributed by atoms with van der Waals surface area (Å²) in [7, 11) is 0. The van der Waals surface area contributed by atoms with E-state index in [0.717, 1.165) is 29.9 Å². The third-order valence-electron chi connectivity index (χ3n) is 6.49. The lowest BCUT2D eigenvalue weighted by Crippen LogP contribution is -2.52. The molecule has 1 atom stereocenters. The van der Waals surface area contributed by atoms with Crippen LogP contribution in [0.2, 0.25) is 0 Å². The third-order valence-corrected chi connectivity index (χ3v) is 6.49. The average Bonchev–Trinajstić information content (AvgIpc) is 2.54. The Labute approximate surface area is 148 Å². The number of nitrogens with one attached hydrogen (secondary N) is 2. The second-order valence-corrected chi connectivity index (χ2v) is 8.50. The van der Waals surface area contributed by atoms with E-state index >= 15 is 0 Å². The molecule has 1 aromatic carbocycles. The van der Waals surface area contributed by atoms with Crippen molar-refractivity contribution in [1.29, 1.82) is 0 Å². The van der Waals surface area contributed by atoms with Gasteiger partial charge in [-0.15, -0.1) is 0 Å². The molecule has 0 aromatic heterocycles. The highest BCUT2D eigenvalue weighted by atomic mass is 16.2. The summed E-state index contributed by atoms with van der Waals surface area (Å²) in [5, 5.41) is 5.72. The fourth-order valence-corrected chi connectivity index (χ4v) is 6.03. The first kappa shape index (κ1) is 16.6. The number of rotatable bonds is 5. The smallest absolute Gasteiger partial charge is 0.318 e. The van der Waals surface area contributed by atoms with Crippen LogP contribution in [0, 0.1) is 23.2 Å². The van der Waals surface area contributed by atoms with Crippen LogP contribution >= 0.6 is 0 Å². The Hall–Kier alpha value is -1.88. The van der Waals surface area contributed by atoms with Crippen LogP contribution in [0.4, 0.5) is 4.79 Å². The van der Waals surface area contributed by atoms with E-state index in [2.05, 4.69) is 10.6 Å². The van der Waals surface area contributed by atoms with E-state index in [4.69, 9.17) is 5.73 Å². The van der Waals surface area contributed by atoms with Crippen LogP contribution in [0.25, 0.3) is 0 Å². The number of primary amides is 1. The summed E-state index contributed by atoms with van der Waals surface area (Å²) in [5.74, 6) is 2.26. The van der Waals surface area contributed by atoms with Gasteiger partial charge in [-0.05, 0) is 67.3 Å². The van der Waals surface area contributed by atoms with Gasteiger partial charge in [-0.2, -0.15) is 0 Å². The molecule has 0 radical (unpaired) electrons. The minimum absolute atomic E-state index is 0.328. The molecule has 0 aliphatic heterocycles. The predicted octanol–water partition coefficient (Wildman–Crippen LogP) is 2.73. The van der Waals surface area contributed by atoms with Crippen LogP contribution in [0.5, 0.6) is 0 Å². The molecule has 25 heavy (non-hydrogen) atoms. The van der Waals surface area contributed by atoms with Crippen molar-refractivity contribution in [2.75, 3.05) is 6.54 Å². The molecule has 4 fully saturated rings. The molecule has 4 N–H and O–H groups in total. The zero-order chi connectivity index (χ0) is 17.4. The second kappa shape index (κ2) is 6.45. The molecule has 4 aliphatic rings. The van der Waals surface area contributed by atoms with Gasteiger partial charge in [0, 0.05) is 6.54 Å². The Bertz CT molecular complexity index is 623. The quantitative estimate of drug-likeness (QED) is 0.770. The van der Waals surface area contributed by atoms with Crippen LogP contribution in [0.1, 0.15) is 50.1 Å². The minimum atomic E-state index is -0.803. The zero-order valence-corrected chi connectivity index (χ0v) is 14.5. The minimum Gasteiger partial charge on any atom is -0.351 e. The van der Waals surface area contributed by atoms with Crippen molar-refractivity contribution in [3.8, 4) is 0 Å². The fraction of sp³-hybridized carbons (Fsp3) is 0.600. The molecule has 4 bridgehead atoms. The van der Waals surface area contributed by atoms with Crippen LogP contribution in [-0.2, 0) is 4.79 Å². The van der Waals surface area contributed by atoms with Crippen LogP contribution < -0.4 is 16.4 Å². The van der Waals surface area contributed by atoms with Crippen molar-refractivity contribution >= 4 is 11.9 Å². The summed E-state index contributed by atoms with van der Waals surface area (Å²) in [5.41, 5.74) is 6.35. The Balaban J connectivity index is 1.49. The van der Waals surface area contributed by atoms with E-state index < -0.39 is 12.1 Å². The highest BCUT2D eigenvalue weighted by Crippen LogP contribution is 2.59. The molecule has 0 saturated heterocycles. The molecule has 4 aliphatic carbocycles. The van der Waals surface area contributed by atoms with Gasteiger partial charge < -0.3 is 11.1 Å². The molecule has 4 saturated carbocycles. The van der Waals surface area contributed by atoms with Gasteiger partial charge in [-0.1, -0.05) is 30.3 Å². The normalized spacial score (nSPS) is 33.8. The van der Waals surface area contributed by atoms with Crippen LogP contribution in [-0.4, -0.2) is 18.5 Å². The Kier molecular flexibility index (Phi) is 4.28. The van der Waals surface area contributed by atoms with E-state index in [9.17, 15) is 9.59 Å². The van der Waals surface area contributed by atoms with Crippen molar-refractivity contribution in [3.05, 3.63) is 35.9 Å². The van der Waals surface area contributed by atoms with E-state index in [-0.39, 0.29) is 5.91 Å². The summed E-state index contributed by atoms with van der Waals surface area (Å²) in [6, 6.07) is 8.23. The lowest BCUT2D eigenvalue weighted by Gasteiger charge is -2.57. The number of imide groups is 1. The second-order valence-electron chi connectivity index (χ2n) is 8.50. The predicted molar refractivity (Wildman–Crippen MR) is 95.5 cm³/mol. The lowest BCUT2D eigenvalue weighted by atomic mass is 9.49. The number of carbonyl (C=O) groups excluding carboxylic acids is 2. The van der Waals surface area contributed by atoms with Crippen molar-refractivity contribution in [2.45, 2.75) is 44.6 Å². The zero-order valence-electron chi connectivity index (χ0n) is 14.5. The van der Waals surface area contributed by atoms with Crippen LogP contribution in [0.15, 0.2) is 30.3 Å². The first-order chi connectivity index (χ1) is 12.0. The number of carbonyl (C=O) groups is 2. The van der Waals surface area contributed by atoms with Crippen LogP contribution in [0.3, 0.4) is 0 Å². The first-order valence-corrected chi connectivity index (χ1v) is 9.42. The van der Waals surface area contributed by atoms with Gasteiger partial charge >= 0.3 is 6.03 Å². The highest BCUT2D eigenvalue weighted by Gasteiger charge is 2.50.